The zero-order valence-electron chi connectivity index (χ0n) is 17.8. The first kappa shape index (κ1) is 21.2. The molecule has 1 saturated heterocycles. The van der Waals surface area contributed by atoms with E-state index in [-0.39, 0.29) is 17.5 Å². The van der Waals surface area contributed by atoms with Crippen LogP contribution in [0.3, 0.4) is 0 Å². The minimum Gasteiger partial charge on any atom is -0.405 e. The van der Waals surface area contributed by atoms with Gasteiger partial charge in [-0.2, -0.15) is 0 Å². The number of aromatic nitrogens is 2. The maximum absolute atomic E-state index is 14.0. The van der Waals surface area contributed by atoms with E-state index >= 15 is 0 Å². The molecule has 170 valence electrons. The summed E-state index contributed by atoms with van der Waals surface area (Å²) in [5, 5.41) is 0. The summed E-state index contributed by atoms with van der Waals surface area (Å²) in [6.45, 7) is 4.32. The lowest BCUT2D eigenvalue weighted by atomic mass is 9.89. The average molecular weight is 447 g/mol. The molecule has 2 aliphatic rings. The van der Waals surface area contributed by atoms with E-state index in [0.717, 1.165) is 55.7 Å². The molecular formula is C24H25F4N3O. The fraction of sp³-hybridized carbons (Fsp3) is 0.458. The van der Waals surface area contributed by atoms with Crippen molar-refractivity contribution in [1.29, 1.82) is 0 Å². The van der Waals surface area contributed by atoms with Gasteiger partial charge >= 0.3 is 6.36 Å². The highest BCUT2D eigenvalue weighted by atomic mass is 19.4. The fourth-order valence-electron chi connectivity index (χ4n) is 5.23. The molecule has 0 amide bonds. The number of imidazole rings is 1. The van der Waals surface area contributed by atoms with E-state index in [2.05, 4.69) is 21.1 Å². The number of benzene rings is 2. The molecule has 0 saturated carbocycles. The van der Waals surface area contributed by atoms with E-state index < -0.39 is 6.36 Å². The van der Waals surface area contributed by atoms with Crippen molar-refractivity contribution in [1.82, 2.24) is 14.5 Å². The number of ether oxygens (including phenoxy) is 1. The number of hydrogen-bond donors (Lipinski definition) is 0. The first-order valence-corrected chi connectivity index (χ1v) is 11.0. The second-order valence-electron chi connectivity index (χ2n) is 8.85. The fourth-order valence-corrected chi connectivity index (χ4v) is 5.23. The molecule has 1 aromatic heterocycles. The Hall–Kier alpha value is -2.61. The zero-order chi connectivity index (χ0) is 22.5. The van der Waals surface area contributed by atoms with Crippen LogP contribution >= 0.6 is 0 Å². The third kappa shape index (κ3) is 4.08. The Morgan fingerprint density at radius 3 is 2.59 bits per heavy atom. The van der Waals surface area contributed by atoms with E-state index in [9.17, 15) is 17.6 Å². The van der Waals surface area contributed by atoms with Crippen LogP contribution in [0.4, 0.5) is 17.6 Å². The Balaban J connectivity index is 1.32. The highest BCUT2D eigenvalue weighted by Gasteiger charge is 2.34. The standard InChI is InChI=1S/C24H25F4N3O/c1-15-6-7-17-12-18(25)13-20-23(17)31(15)22(29-20)14-30-10-8-16(9-11-30)19-4-2-3-5-21(19)32-24(26,27)28/h2-5,12-13,15-16H,6-11,14H2,1H3. The monoisotopic (exact) mass is 447 g/mol. The average Bonchev–Trinajstić information content (AvgIpc) is 3.09. The summed E-state index contributed by atoms with van der Waals surface area (Å²) in [6, 6.07) is 9.84. The molecule has 3 aromatic rings. The Morgan fingerprint density at radius 1 is 1.09 bits per heavy atom. The van der Waals surface area contributed by atoms with E-state index in [1.807, 2.05) is 0 Å². The van der Waals surface area contributed by atoms with Gasteiger partial charge in [0.05, 0.1) is 17.6 Å². The molecule has 1 fully saturated rings. The normalized spacial score (nSPS) is 20.1. The summed E-state index contributed by atoms with van der Waals surface area (Å²) in [7, 11) is 0. The Labute approximate surface area is 183 Å². The van der Waals surface area contributed by atoms with E-state index in [1.165, 1.54) is 12.1 Å². The van der Waals surface area contributed by atoms with Crippen molar-refractivity contribution < 1.29 is 22.3 Å². The molecule has 0 bridgehead atoms. The van der Waals surface area contributed by atoms with Crippen LogP contribution in [-0.2, 0) is 13.0 Å². The molecule has 5 rings (SSSR count). The number of halogens is 4. The lowest BCUT2D eigenvalue weighted by molar-refractivity contribution is -0.275. The molecule has 4 nitrogen and oxygen atoms in total. The molecule has 0 aliphatic carbocycles. The third-order valence-corrected chi connectivity index (χ3v) is 6.71. The Kier molecular flexibility index (Phi) is 5.35. The minimum absolute atomic E-state index is 0.0159. The maximum Gasteiger partial charge on any atom is 0.573 e. The van der Waals surface area contributed by atoms with Crippen molar-refractivity contribution in [3.63, 3.8) is 0 Å². The highest BCUT2D eigenvalue weighted by molar-refractivity contribution is 5.80. The van der Waals surface area contributed by atoms with Gasteiger partial charge in [0.25, 0.3) is 0 Å². The van der Waals surface area contributed by atoms with Crippen molar-refractivity contribution in [2.45, 2.75) is 57.5 Å². The molecule has 1 atom stereocenters. The number of alkyl halides is 3. The van der Waals surface area contributed by atoms with Crippen LogP contribution in [0.5, 0.6) is 5.75 Å². The van der Waals surface area contributed by atoms with Crippen LogP contribution in [0.2, 0.25) is 0 Å². The Bertz CT molecular complexity index is 1130. The first-order chi connectivity index (χ1) is 15.3. The quantitative estimate of drug-likeness (QED) is 0.462. The van der Waals surface area contributed by atoms with Crippen LogP contribution in [-0.4, -0.2) is 33.9 Å². The summed E-state index contributed by atoms with van der Waals surface area (Å²) < 4.78 is 58.8. The lowest BCUT2D eigenvalue weighted by Gasteiger charge is -2.33. The second-order valence-corrected chi connectivity index (χ2v) is 8.85. The summed E-state index contributed by atoms with van der Waals surface area (Å²) in [5.74, 6) is 0.588. The summed E-state index contributed by atoms with van der Waals surface area (Å²) in [4.78, 5) is 7.04. The van der Waals surface area contributed by atoms with Gasteiger partial charge in [0.2, 0.25) is 0 Å². The Morgan fingerprint density at radius 2 is 1.84 bits per heavy atom. The predicted molar refractivity (Wildman–Crippen MR) is 113 cm³/mol. The van der Waals surface area contributed by atoms with Gasteiger partial charge in [0.1, 0.15) is 17.4 Å². The number of piperidine rings is 1. The smallest absolute Gasteiger partial charge is 0.405 e. The summed E-state index contributed by atoms with van der Waals surface area (Å²) in [6.07, 6.45) is -1.41. The van der Waals surface area contributed by atoms with Crippen molar-refractivity contribution in [3.05, 3.63) is 59.2 Å². The van der Waals surface area contributed by atoms with Crippen molar-refractivity contribution >= 4 is 11.0 Å². The molecule has 0 radical (unpaired) electrons. The van der Waals surface area contributed by atoms with Gasteiger partial charge in [-0.1, -0.05) is 18.2 Å². The van der Waals surface area contributed by atoms with Crippen LogP contribution in [0.15, 0.2) is 36.4 Å². The van der Waals surface area contributed by atoms with E-state index in [0.29, 0.717) is 23.7 Å². The molecule has 0 N–H and O–H groups in total. The molecule has 3 heterocycles. The minimum atomic E-state index is -4.70. The lowest BCUT2D eigenvalue weighted by Crippen LogP contribution is -2.34. The van der Waals surface area contributed by atoms with E-state index in [4.69, 9.17) is 4.98 Å². The molecular weight excluding hydrogens is 422 g/mol. The van der Waals surface area contributed by atoms with Crippen LogP contribution in [0.1, 0.15) is 55.1 Å². The number of hydrogen-bond acceptors (Lipinski definition) is 3. The van der Waals surface area contributed by atoms with Gasteiger partial charge < -0.3 is 9.30 Å². The molecule has 1 unspecified atom stereocenters. The number of aryl methyl sites for hydroxylation is 1. The summed E-state index contributed by atoms with van der Waals surface area (Å²) in [5.41, 5.74) is 3.36. The van der Waals surface area contributed by atoms with E-state index in [1.54, 1.807) is 24.3 Å². The van der Waals surface area contributed by atoms with Crippen molar-refractivity contribution in [2.75, 3.05) is 13.1 Å². The molecule has 2 aliphatic heterocycles. The van der Waals surface area contributed by atoms with Gasteiger partial charge in [0.15, 0.2) is 0 Å². The molecule has 0 spiro atoms. The highest BCUT2D eigenvalue weighted by Crippen LogP contribution is 2.38. The van der Waals surface area contributed by atoms with Crippen LogP contribution < -0.4 is 4.74 Å². The van der Waals surface area contributed by atoms with Gasteiger partial charge in [-0.05, 0) is 74.9 Å². The largest absolute Gasteiger partial charge is 0.573 e. The van der Waals surface area contributed by atoms with Gasteiger partial charge in [-0.3, -0.25) is 4.90 Å². The van der Waals surface area contributed by atoms with Crippen LogP contribution in [0, 0.1) is 5.82 Å². The number of likely N-dealkylation sites (tertiary alicyclic amines) is 1. The van der Waals surface area contributed by atoms with Gasteiger partial charge in [0, 0.05) is 12.1 Å². The molecule has 32 heavy (non-hydrogen) atoms. The number of para-hydroxylation sites is 1. The first-order valence-electron chi connectivity index (χ1n) is 11.0. The zero-order valence-corrected chi connectivity index (χ0v) is 17.8. The SMILES string of the molecule is CC1CCc2cc(F)cc3nc(CN4CCC(c5ccccc5OC(F)(F)F)CC4)n1c23. The number of rotatable bonds is 4. The second kappa shape index (κ2) is 8.06. The molecule has 2 aromatic carbocycles. The van der Waals surface area contributed by atoms with Gasteiger partial charge in [-0.15, -0.1) is 13.2 Å². The van der Waals surface area contributed by atoms with Gasteiger partial charge in [-0.25, -0.2) is 9.37 Å². The molecule has 8 heteroatoms. The number of nitrogens with zero attached hydrogens (tertiary/aromatic N) is 3. The van der Waals surface area contributed by atoms with Crippen molar-refractivity contribution in [3.8, 4) is 5.75 Å². The topological polar surface area (TPSA) is 30.3 Å². The predicted octanol–water partition coefficient (Wildman–Crippen LogP) is 5.96. The third-order valence-electron chi connectivity index (χ3n) is 6.71. The van der Waals surface area contributed by atoms with Crippen LogP contribution in [0.25, 0.3) is 11.0 Å². The maximum atomic E-state index is 14.0. The summed E-state index contributed by atoms with van der Waals surface area (Å²) >= 11 is 0. The van der Waals surface area contributed by atoms with Crippen molar-refractivity contribution in [2.24, 2.45) is 0 Å².